The normalized spacial score (nSPS) is 11.9. The predicted octanol–water partition coefficient (Wildman–Crippen LogP) is 0.850. The van der Waals surface area contributed by atoms with Gasteiger partial charge in [0.1, 0.15) is 0 Å². The van der Waals surface area contributed by atoms with E-state index in [4.69, 9.17) is 5.11 Å². The van der Waals surface area contributed by atoms with Crippen molar-refractivity contribution in [1.29, 1.82) is 0 Å². The highest BCUT2D eigenvalue weighted by Crippen LogP contribution is 2.15. The minimum atomic E-state index is -0.942. The van der Waals surface area contributed by atoms with Gasteiger partial charge in [0.15, 0.2) is 0 Å². The third-order valence-corrected chi connectivity index (χ3v) is 2.98. The van der Waals surface area contributed by atoms with Crippen molar-refractivity contribution in [3.63, 3.8) is 0 Å². The van der Waals surface area contributed by atoms with Crippen molar-refractivity contribution in [3.8, 4) is 11.4 Å². The maximum absolute atomic E-state index is 12.1. The Balaban J connectivity index is 2.12. The first-order valence-electron chi connectivity index (χ1n) is 6.46. The number of carbonyl (C=O) groups is 2. The Hall–Kier alpha value is -2.77. The number of carbonyl (C=O) groups excluding carboxylic acids is 1. The lowest BCUT2D eigenvalue weighted by molar-refractivity contribution is -0.137. The molecule has 1 amide bonds. The van der Waals surface area contributed by atoms with E-state index in [1.165, 1.54) is 0 Å². The summed E-state index contributed by atoms with van der Waals surface area (Å²) in [6.45, 7) is 1.82. The van der Waals surface area contributed by atoms with Crippen LogP contribution in [0.5, 0.6) is 0 Å². The molecule has 2 aromatic rings. The first kappa shape index (κ1) is 14.6. The quantitative estimate of drug-likeness (QED) is 0.725. The van der Waals surface area contributed by atoms with E-state index in [2.05, 4.69) is 25.9 Å². The fraction of sp³-hybridized carbons (Fsp3) is 0.308. The van der Waals surface area contributed by atoms with Gasteiger partial charge in [-0.15, -0.1) is 10.2 Å². The summed E-state index contributed by atoms with van der Waals surface area (Å²) < 4.78 is 0. The number of hydrogen-bond acceptors (Lipinski definition) is 5. The fourth-order valence-electron chi connectivity index (χ4n) is 1.86. The molecule has 1 atom stereocenters. The second kappa shape index (κ2) is 6.60. The fourth-order valence-corrected chi connectivity index (χ4v) is 1.86. The number of aromatic nitrogens is 4. The SMILES string of the molecule is CCC(CC(=O)O)NC(=O)c1cccc(-c2nn[nH]n2)c1. The standard InChI is InChI=1S/C13H15N5O3/c1-2-10(7-11(19)20)14-13(21)9-5-3-4-8(6-9)12-15-17-18-16-12/h3-6,10H,2,7H2,1H3,(H,14,21)(H,19,20)(H,15,16,17,18). The average Bonchev–Trinajstić information content (AvgIpc) is 3.00. The first-order valence-corrected chi connectivity index (χ1v) is 6.46. The number of aromatic amines is 1. The molecule has 1 aromatic carbocycles. The van der Waals surface area contributed by atoms with Crippen molar-refractivity contribution in [3.05, 3.63) is 29.8 Å². The molecule has 8 heteroatoms. The Bertz CT molecular complexity index is 626. The van der Waals surface area contributed by atoms with Crippen molar-refractivity contribution < 1.29 is 14.7 Å². The van der Waals surface area contributed by atoms with E-state index < -0.39 is 12.0 Å². The van der Waals surface area contributed by atoms with Crippen LogP contribution in [0.1, 0.15) is 30.1 Å². The molecule has 8 nitrogen and oxygen atoms in total. The number of amides is 1. The van der Waals surface area contributed by atoms with Gasteiger partial charge < -0.3 is 10.4 Å². The highest BCUT2D eigenvalue weighted by atomic mass is 16.4. The van der Waals surface area contributed by atoms with E-state index >= 15 is 0 Å². The number of aliphatic carboxylic acids is 1. The molecule has 0 radical (unpaired) electrons. The van der Waals surface area contributed by atoms with Crippen molar-refractivity contribution in [2.24, 2.45) is 0 Å². The van der Waals surface area contributed by atoms with Crippen LogP contribution in [0.3, 0.4) is 0 Å². The molecule has 0 aliphatic heterocycles. The lowest BCUT2D eigenvalue weighted by Gasteiger charge is -2.14. The number of benzene rings is 1. The lowest BCUT2D eigenvalue weighted by Crippen LogP contribution is -2.36. The van der Waals surface area contributed by atoms with E-state index in [0.717, 1.165) is 0 Å². The topological polar surface area (TPSA) is 121 Å². The molecule has 1 heterocycles. The summed E-state index contributed by atoms with van der Waals surface area (Å²) in [5, 5.41) is 25.0. The molecule has 1 unspecified atom stereocenters. The smallest absolute Gasteiger partial charge is 0.305 e. The van der Waals surface area contributed by atoms with Crippen molar-refractivity contribution in [2.75, 3.05) is 0 Å². The number of tetrazole rings is 1. The van der Waals surface area contributed by atoms with Gasteiger partial charge in [-0.1, -0.05) is 19.1 Å². The second-order valence-corrected chi connectivity index (χ2v) is 4.49. The van der Waals surface area contributed by atoms with E-state index in [9.17, 15) is 9.59 Å². The van der Waals surface area contributed by atoms with Gasteiger partial charge in [0, 0.05) is 17.2 Å². The zero-order chi connectivity index (χ0) is 15.2. The monoisotopic (exact) mass is 289 g/mol. The van der Waals surface area contributed by atoms with Gasteiger partial charge in [-0.3, -0.25) is 9.59 Å². The minimum Gasteiger partial charge on any atom is -0.481 e. The van der Waals surface area contributed by atoms with Crippen molar-refractivity contribution in [2.45, 2.75) is 25.8 Å². The number of nitrogens with one attached hydrogen (secondary N) is 2. The third-order valence-electron chi connectivity index (χ3n) is 2.98. The first-order chi connectivity index (χ1) is 10.1. The summed E-state index contributed by atoms with van der Waals surface area (Å²) in [5.41, 5.74) is 1.07. The van der Waals surface area contributed by atoms with Crippen LogP contribution in [0.15, 0.2) is 24.3 Å². The third kappa shape index (κ3) is 3.85. The van der Waals surface area contributed by atoms with Crippen LogP contribution in [-0.4, -0.2) is 43.6 Å². The highest BCUT2D eigenvalue weighted by molar-refractivity contribution is 5.95. The van der Waals surface area contributed by atoms with E-state index in [1.807, 2.05) is 6.92 Å². The number of carboxylic acids is 1. The molecule has 21 heavy (non-hydrogen) atoms. The molecule has 0 aliphatic carbocycles. The molecule has 0 aliphatic rings. The van der Waals surface area contributed by atoms with Gasteiger partial charge in [-0.05, 0) is 23.8 Å². The average molecular weight is 289 g/mol. The van der Waals surface area contributed by atoms with Gasteiger partial charge in [-0.25, -0.2) is 0 Å². The largest absolute Gasteiger partial charge is 0.481 e. The summed E-state index contributed by atoms with van der Waals surface area (Å²) in [5.74, 6) is -0.877. The van der Waals surface area contributed by atoms with Crippen molar-refractivity contribution >= 4 is 11.9 Å². The van der Waals surface area contributed by atoms with Gasteiger partial charge >= 0.3 is 5.97 Å². The Morgan fingerprint density at radius 2 is 2.24 bits per heavy atom. The molecule has 0 spiro atoms. The van der Waals surface area contributed by atoms with Gasteiger partial charge in [-0.2, -0.15) is 5.21 Å². The second-order valence-electron chi connectivity index (χ2n) is 4.49. The molecule has 0 fully saturated rings. The zero-order valence-electron chi connectivity index (χ0n) is 11.4. The number of nitrogens with zero attached hydrogens (tertiary/aromatic N) is 3. The number of H-pyrrole nitrogens is 1. The molecule has 110 valence electrons. The summed E-state index contributed by atoms with van der Waals surface area (Å²) in [7, 11) is 0. The Kier molecular flexibility index (Phi) is 4.60. The molecule has 0 saturated carbocycles. The summed E-state index contributed by atoms with van der Waals surface area (Å²) in [4.78, 5) is 22.9. The minimum absolute atomic E-state index is 0.104. The van der Waals surface area contributed by atoms with Crippen LogP contribution < -0.4 is 5.32 Å². The zero-order valence-corrected chi connectivity index (χ0v) is 11.4. The van der Waals surface area contributed by atoms with Gasteiger partial charge in [0.2, 0.25) is 5.82 Å². The molecule has 1 aromatic heterocycles. The predicted molar refractivity (Wildman–Crippen MR) is 73.4 cm³/mol. The van der Waals surface area contributed by atoms with E-state index in [0.29, 0.717) is 23.4 Å². The Labute approximate surface area is 120 Å². The highest BCUT2D eigenvalue weighted by Gasteiger charge is 2.16. The Morgan fingerprint density at radius 1 is 1.43 bits per heavy atom. The van der Waals surface area contributed by atoms with Gasteiger partial charge in [0.25, 0.3) is 5.91 Å². The van der Waals surface area contributed by atoms with Crippen LogP contribution in [0.25, 0.3) is 11.4 Å². The van der Waals surface area contributed by atoms with Crippen LogP contribution in [-0.2, 0) is 4.79 Å². The van der Waals surface area contributed by atoms with Crippen molar-refractivity contribution in [1.82, 2.24) is 25.9 Å². The molecule has 0 bridgehead atoms. The molecular weight excluding hydrogens is 274 g/mol. The van der Waals surface area contributed by atoms with Crippen LogP contribution in [0.4, 0.5) is 0 Å². The van der Waals surface area contributed by atoms with E-state index in [-0.39, 0.29) is 12.3 Å². The van der Waals surface area contributed by atoms with Crippen LogP contribution in [0, 0.1) is 0 Å². The number of hydrogen-bond donors (Lipinski definition) is 3. The summed E-state index contributed by atoms with van der Waals surface area (Å²) >= 11 is 0. The van der Waals surface area contributed by atoms with Gasteiger partial charge in [0.05, 0.1) is 6.42 Å². The summed E-state index contributed by atoms with van der Waals surface area (Å²) in [6, 6.07) is 6.35. The molecule has 2 rings (SSSR count). The maximum atomic E-state index is 12.1. The van der Waals surface area contributed by atoms with Crippen LogP contribution in [0.2, 0.25) is 0 Å². The Morgan fingerprint density at radius 3 is 2.86 bits per heavy atom. The molecular formula is C13H15N5O3. The lowest BCUT2D eigenvalue weighted by atomic mass is 10.1. The molecule has 0 saturated heterocycles. The number of rotatable bonds is 6. The summed E-state index contributed by atoms with van der Waals surface area (Å²) in [6.07, 6.45) is 0.440. The maximum Gasteiger partial charge on any atom is 0.305 e. The van der Waals surface area contributed by atoms with E-state index in [1.54, 1.807) is 24.3 Å². The number of carboxylic acid groups (broad SMARTS) is 1. The van der Waals surface area contributed by atoms with Crippen LogP contribution >= 0.6 is 0 Å². The molecule has 3 N–H and O–H groups in total.